The van der Waals surface area contributed by atoms with E-state index in [2.05, 4.69) is 5.32 Å². The molecule has 8 heteroatoms. The van der Waals surface area contributed by atoms with Gasteiger partial charge in [0.15, 0.2) is 0 Å². The zero-order valence-electron chi connectivity index (χ0n) is 16.3. The number of amides is 1. The van der Waals surface area contributed by atoms with Gasteiger partial charge in [-0.15, -0.1) is 0 Å². The first-order valence-electron chi connectivity index (χ1n) is 9.12. The molecule has 0 unspecified atom stereocenters. The van der Waals surface area contributed by atoms with Gasteiger partial charge in [0, 0.05) is 12.8 Å². The van der Waals surface area contributed by atoms with E-state index in [9.17, 15) is 17.6 Å². The van der Waals surface area contributed by atoms with E-state index in [0.29, 0.717) is 12.3 Å². The van der Waals surface area contributed by atoms with Gasteiger partial charge in [0.25, 0.3) is 10.0 Å². The third kappa shape index (κ3) is 5.03. The summed E-state index contributed by atoms with van der Waals surface area (Å²) in [7, 11) is -2.61. The summed E-state index contributed by atoms with van der Waals surface area (Å²) in [5.74, 6) is -1.35. The average Bonchev–Trinajstić information content (AvgIpc) is 2.74. The van der Waals surface area contributed by atoms with Crippen molar-refractivity contribution in [2.24, 2.45) is 0 Å². The van der Waals surface area contributed by atoms with Crippen molar-refractivity contribution < 1.29 is 22.3 Å². The second-order valence-corrected chi connectivity index (χ2v) is 8.32. The number of carbonyl (C=O) groups is 1. The molecule has 0 heterocycles. The maximum absolute atomic E-state index is 14.4. The second kappa shape index (κ2) is 9.51. The van der Waals surface area contributed by atoms with Crippen molar-refractivity contribution >= 4 is 27.3 Å². The van der Waals surface area contributed by atoms with Gasteiger partial charge in [0.2, 0.25) is 5.91 Å². The van der Waals surface area contributed by atoms with Crippen molar-refractivity contribution in [1.82, 2.24) is 0 Å². The van der Waals surface area contributed by atoms with Crippen LogP contribution >= 0.6 is 0 Å². The number of nitrogens with zero attached hydrogens (tertiary/aromatic N) is 1. The van der Waals surface area contributed by atoms with Crippen LogP contribution in [0.4, 0.5) is 15.8 Å². The lowest BCUT2D eigenvalue weighted by Gasteiger charge is -2.24. The van der Waals surface area contributed by atoms with Gasteiger partial charge in [-0.3, -0.25) is 9.10 Å². The molecule has 3 rings (SSSR count). The predicted octanol–water partition coefficient (Wildman–Crippen LogP) is 3.81. The van der Waals surface area contributed by atoms with Crippen LogP contribution in [0.2, 0.25) is 0 Å². The van der Waals surface area contributed by atoms with Gasteiger partial charge in [-0.05, 0) is 42.0 Å². The first kappa shape index (κ1) is 21.5. The fourth-order valence-electron chi connectivity index (χ4n) is 2.91. The minimum absolute atomic E-state index is 0.0388. The van der Waals surface area contributed by atoms with Gasteiger partial charge in [-0.1, -0.05) is 42.5 Å². The molecule has 0 aliphatic carbocycles. The molecule has 0 spiro atoms. The van der Waals surface area contributed by atoms with E-state index in [-0.39, 0.29) is 10.6 Å². The number of nitrogens with one attached hydrogen (secondary N) is 1. The van der Waals surface area contributed by atoms with Crippen molar-refractivity contribution in [2.45, 2.75) is 11.5 Å². The molecule has 0 aliphatic rings. The Morgan fingerprint density at radius 1 is 1.00 bits per heavy atom. The molecular weight excluding hydrogens is 407 g/mol. The Morgan fingerprint density at radius 2 is 1.70 bits per heavy atom. The summed E-state index contributed by atoms with van der Waals surface area (Å²) in [6, 6.07) is 20.0. The number of hydrogen-bond donors (Lipinski definition) is 1. The highest BCUT2D eigenvalue weighted by atomic mass is 32.2. The van der Waals surface area contributed by atoms with E-state index in [1.54, 1.807) is 43.5 Å². The van der Waals surface area contributed by atoms with Crippen LogP contribution in [0, 0.1) is 5.82 Å². The molecule has 156 valence electrons. The predicted molar refractivity (Wildman–Crippen MR) is 113 cm³/mol. The zero-order chi connectivity index (χ0) is 21.6. The lowest BCUT2D eigenvalue weighted by molar-refractivity contribution is -0.114. The number of methoxy groups -OCH3 is 1. The Morgan fingerprint density at radius 3 is 2.40 bits per heavy atom. The molecule has 0 saturated heterocycles. The van der Waals surface area contributed by atoms with Gasteiger partial charge in [0.05, 0.1) is 17.2 Å². The van der Waals surface area contributed by atoms with Gasteiger partial charge < -0.3 is 10.1 Å². The van der Waals surface area contributed by atoms with E-state index in [1.807, 2.05) is 6.07 Å². The van der Waals surface area contributed by atoms with Crippen LogP contribution in [0.5, 0.6) is 0 Å². The lowest BCUT2D eigenvalue weighted by Crippen LogP contribution is -2.38. The molecule has 1 N–H and O–H groups in total. The summed E-state index contributed by atoms with van der Waals surface area (Å²) in [6.07, 6.45) is 0. The first-order chi connectivity index (χ1) is 14.4. The van der Waals surface area contributed by atoms with Crippen LogP contribution in [0.3, 0.4) is 0 Å². The van der Waals surface area contributed by atoms with Gasteiger partial charge in [-0.25, -0.2) is 12.8 Å². The minimum Gasteiger partial charge on any atom is -0.380 e. The van der Waals surface area contributed by atoms with E-state index >= 15 is 0 Å². The molecule has 3 aromatic rings. The van der Waals surface area contributed by atoms with Gasteiger partial charge >= 0.3 is 0 Å². The van der Waals surface area contributed by atoms with Crippen molar-refractivity contribution in [1.29, 1.82) is 0 Å². The third-order valence-corrected chi connectivity index (χ3v) is 6.04. The number of anilines is 2. The van der Waals surface area contributed by atoms with Crippen molar-refractivity contribution in [3.05, 3.63) is 90.2 Å². The Hall–Kier alpha value is -3.23. The molecule has 0 aliphatic heterocycles. The molecule has 0 radical (unpaired) electrons. The van der Waals surface area contributed by atoms with Gasteiger partial charge in [-0.2, -0.15) is 0 Å². The maximum Gasteiger partial charge on any atom is 0.264 e. The molecule has 0 atom stereocenters. The number of rotatable bonds is 8. The number of hydrogen-bond acceptors (Lipinski definition) is 4. The minimum atomic E-state index is -4.17. The highest BCUT2D eigenvalue weighted by molar-refractivity contribution is 7.92. The fourth-order valence-corrected chi connectivity index (χ4v) is 4.36. The lowest BCUT2D eigenvalue weighted by atomic mass is 10.2. The van der Waals surface area contributed by atoms with Crippen molar-refractivity contribution in [3.8, 4) is 0 Å². The second-order valence-electron chi connectivity index (χ2n) is 6.46. The molecule has 6 nitrogen and oxygen atoms in total. The number of benzene rings is 3. The molecule has 30 heavy (non-hydrogen) atoms. The summed E-state index contributed by atoms with van der Waals surface area (Å²) in [5, 5.41) is 2.66. The SMILES string of the molecule is COCc1cccc(NC(=O)CN(c2ccccc2F)S(=O)(=O)c2ccccc2)c1. The average molecular weight is 428 g/mol. The summed E-state index contributed by atoms with van der Waals surface area (Å²) >= 11 is 0. The highest BCUT2D eigenvalue weighted by Gasteiger charge is 2.29. The summed E-state index contributed by atoms with van der Waals surface area (Å²) in [4.78, 5) is 12.6. The van der Waals surface area contributed by atoms with Crippen molar-refractivity contribution in [3.63, 3.8) is 0 Å². The van der Waals surface area contributed by atoms with Crippen LogP contribution in [-0.4, -0.2) is 28.0 Å². The van der Waals surface area contributed by atoms with E-state index in [0.717, 1.165) is 15.9 Å². The number of ether oxygens (including phenoxy) is 1. The maximum atomic E-state index is 14.4. The Kier molecular flexibility index (Phi) is 6.81. The standard InChI is InChI=1S/C22H21FN2O4S/c1-29-16-17-8-7-9-18(14-17)24-22(26)15-25(21-13-6-5-12-20(21)23)30(27,28)19-10-3-2-4-11-19/h2-14H,15-16H2,1H3,(H,24,26). The molecule has 0 fully saturated rings. The molecule has 0 aromatic heterocycles. The summed E-state index contributed by atoms with van der Waals surface area (Å²) < 4.78 is 46.6. The summed E-state index contributed by atoms with van der Waals surface area (Å²) in [5.41, 5.74) is 1.13. The Bertz CT molecular complexity index is 1120. The number of para-hydroxylation sites is 1. The zero-order valence-corrected chi connectivity index (χ0v) is 17.1. The fraction of sp³-hybridized carbons (Fsp3) is 0.136. The summed E-state index contributed by atoms with van der Waals surface area (Å²) in [6.45, 7) is -0.222. The quantitative estimate of drug-likeness (QED) is 0.592. The van der Waals surface area contributed by atoms with Crippen LogP contribution in [0.1, 0.15) is 5.56 Å². The Labute approximate surface area is 175 Å². The van der Waals surface area contributed by atoms with Crippen LogP contribution < -0.4 is 9.62 Å². The molecular formula is C22H21FN2O4S. The van der Waals surface area contributed by atoms with Crippen LogP contribution in [0.25, 0.3) is 0 Å². The Balaban J connectivity index is 1.91. The van der Waals surface area contributed by atoms with E-state index in [4.69, 9.17) is 4.74 Å². The monoisotopic (exact) mass is 428 g/mol. The van der Waals surface area contributed by atoms with E-state index in [1.165, 1.54) is 30.3 Å². The molecule has 0 bridgehead atoms. The normalized spacial score (nSPS) is 11.1. The van der Waals surface area contributed by atoms with Crippen molar-refractivity contribution in [2.75, 3.05) is 23.3 Å². The first-order valence-corrected chi connectivity index (χ1v) is 10.6. The number of carbonyl (C=O) groups excluding carboxylic acids is 1. The van der Waals surface area contributed by atoms with Crippen LogP contribution in [-0.2, 0) is 26.2 Å². The third-order valence-electron chi connectivity index (χ3n) is 4.26. The molecule has 0 saturated carbocycles. The largest absolute Gasteiger partial charge is 0.380 e. The highest BCUT2D eigenvalue weighted by Crippen LogP contribution is 2.26. The van der Waals surface area contributed by atoms with Gasteiger partial charge in [0.1, 0.15) is 12.4 Å². The number of halogens is 1. The van der Waals surface area contributed by atoms with Crippen LogP contribution in [0.15, 0.2) is 83.8 Å². The number of sulfonamides is 1. The smallest absolute Gasteiger partial charge is 0.264 e. The van der Waals surface area contributed by atoms with E-state index < -0.39 is 28.3 Å². The molecule has 3 aromatic carbocycles. The molecule has 1 amide bonds. The topological polar surface area (TPSA) is 75.7 Å².